The molecule has 0 unspecified atom stereocenters. The Hall–Kier alpha value is -6.86. The molecule has 2 atom stereocenters. The molecule has 452 valence electrons. The zero-order valence-corrected chi connectivity index (χ0v) is 50.6. The normalized spacial score (nSPS) is 21.3. The molecule has 83 heavy (non-hydrogen) atoms. The number of carbonyl (C=O) groups is 2. The molecule has 18 heteroatoms. The molecule has 18 nitrogen and oxygen atoms in total. The van der Waals surface area contributed by atoms with Crippen LogP contribution in [0.5, 0.6) is 46.0 Å². The molecule has 2 bridgehead atoms. The van der Waals surface area contributed by atoms with Crippen molar-refractivity contribution >= 4 is 23.2 Å². The van der Waals surface area contributed by atoms with E-state index in [0.717, 1.165) is 0 Å². The summed E-state index contributed by atoms with van der Waals surface area (Å²) in [6.07, 6.45) is 0.122. The molecule has 8 rings (SSSR count). The van der Waals surface area contributed by atoms with E-state index in [2.05, 4.69) is 52.2 Å². The van der Waals surface area contributed by atoms with Crippen LogP contribution in [-0.2, 0) is 38.0 Å². The topological polar surface area (TPSA) is 187 Å². The largest absolute Gasteiger partial charge is 0.487 e. The molecular weight excluding hydrogens is 1060 g/mol. The highest BCUT2D eigenvalue weighted by molar-refractivity contribution is 6.09. The number of anilines is 2. The zero-order valence-electron chi connectivity index (χ0n) is 50.6. The van der Waals surface area contributed by atoms with Crippen LogP contribution in [0, 0.1) is 21.7 Å². The number of benzene rings is 4. The van der Waals surface area contributed by atoms with E-state index >= 15 is 9.59 Å². The van der Waals surface area contributed by atoms with Gasteiger partial charge in [-0.1, -0.05) is 107 Å². The molecule has 0 radical (unpaired) electrons. The molecular formula is C65H86N2O16. The van der Waals surface area contributed by atoms with Gasteiger partial charge in [0.15, 0.2) is 57.2 Å². The van der Waals surface area contributed by atoms with Gasteiger partial charge in [0.05, 0.1) is 64.0 Å². The number of carbonyl (C=O) groups excluding carboxylic acids is 2. The molecule has 4 aromatic carbocycles. The van der Waals surface area contributed by atoms with E-state index in [-0.39, 0.29) is 46.1 Å². The van der Waals surface area contributed by atoms with Crippen molar-refractivity contribution in [2.45, 2.75) is 101 Å². The van der Waals surface area contributed by atoms with Crippen molar-refractivity contribution in [1.29, 1.82) is 0 Å². The molecule has 4 aliphatic heterocycles. The van der Waals surface area contributed by atoms with Crippen LogP contribution in [0.4, 0.5) is 11.4 Å². The maximum atomic E-state index is 15.6. The molecule has 4 aromatic rings. The molecule has 0 aromatic heterocycles. The molecule has 0 aliphatic carbocycles. The van der Waals surface area contributed by atoms with Crippen molar-refractivity contribution in [3.63, 3.8) is 0 Å². The summed E-state index contributed by atoms with van der Waals surface area (Å²) in [5.74, 6) is 4.17. The average Bonchev–Trinajstić information content (AvgIpc) is 2.28. The fourth-order valence-electron chi connectivity index (χ4n) is 10.2. The summed E-state index contributed by atoms with van der Waals surface area (Å²) in [6.45, 7) is 29.0. The van der Waals surface area contributed by atoms with Crippen molar-refractivity contribution in [1.82, 2.24) is 0 Å². The molecule has 0 saturated heterocycles. The van der Waals surface area contributed by atoms with Gasteiger partial charge in [0.1, 0.15) is 64.4 Å². The lowest BCUT2D eigenvalue weighted by Crippen LogP contribution is -2.67. The van der Waals surface area contributed by atoms with Crippen LogP contribution >= 0.6 is 0 Å². The summed E-state index contributed by atoms with van der Waals surface area (Å²) in [5, 5.41) is 6.44. The van der Waals surface area contributed by atoms with Crippen LogP contribution in [-0.4, -0.2) is 129 Å². The predicted octanol–water partition coefficient (Wildman–Crippen LogP) is 11.4. The summed E-state index contributed by atoms with van der Waals surface area (Å²) in [6, 6.07) is 25.5. The Morgan fingerprint density at radius 3 is 0.855 bits per heavy atom. The van der Waals surface area contributed by atoms with Gasteiger partial charge in [0.2, 0.25) is 0 Å². The van der Waals surface area contributed by atoms with Crippen molar-refractivity contribution in [3.8, 4) is 46.0 Å². The number of nitrogens with one attached hydrogen (secondary N) is 2. The van der Waals surface area contributed by atoms with Crippen LogP contribution in [0.15, 0.2) is 108 Å². The van der Waals surface area contributed by atoms with E-state index < -0.39 is 44.7 Å². The Morgan fingerprint density at radius 2 is 0.602 bits per heavy atom. The number of fused-ring (bicyclic) bond motifs is 6. The first-order valence-electron chi connectivity index (χ1n) is 28.8. The number of allylic oxidation sites excluding steroid dienone is 2. The highest BCUT2D eigenvalue weighted by atomic mass is 16.6. The SMILES string of the molecule is CC(C)(C)C1=C(C(=O)Nc2ccc3c(c2)OCCOCCOc2ccccc2OCCOCCO3)[C@@]2(C(C)(C)C)C[C@@](C(C)(C)C)(O1)C(C(=O)Nc1ccc3c(c1)OCCOCCOc1ccccc1OCCOCCO3)=C(C(C)(C)C)O2. The van der Waals surface area contributed by atoms with E-state index in [1.807, 2.05) is 90.1 Å². The van der Waals surface area contributed by atoms with Crippen molar-refractivity contribution < 1.29 is 75.9 Å². The van der Waals surface area contributed by atoms with Gasteiger partial charge >= 0.3 is 0 Å². The lowest BCUT2D eigenvalue weighted by molar-refractivity contribution is -0.201. The average molecular weight is 1150 g/mol. The first-order chi connectivity index (χ1) is 39.5. The second-order valence-corrected chi connectivity index (χ2v) is 24.8. The summed E-state index contributed by atoms with van der Waals surface area (Å²) >= 11 is 0. The minimum Gasteiger partial charge on any atom is -0.487 e. The summed E-state index contributed by atoms with van der Waals surface area (Å²) < 4.78 is 87.4. The second-order valence-electron chi connectivity index (χ2n) is 24.8. The van der Waals surface area contributed by atoms with E-state index in [0.29, 0.717) is 146 Å². The van der Waals surface area contributed by atoms with Gasteiger partial charge in [-0.15, -0.1) is 0 Å². The standard InChI is InChI=1S/C65H86N2O16/c1-60(2,3)56-54(58(68)66-44-21-23-50-52(41-44)80-39-31-72-27-35-76-48-19-15-13-17-46(48)74-33-25-70-29-37-78-50)64(62(7,8)9)43-65(82-56,63(10,11)12)55(57(83-64)61(4,5)6)59(69)67-45-22-24-51-53(42-45)81-40-32-73-28-36-77-49-20-16-14-18-47(49)75-34-26-71-30-38-79-51/h13-24,41-42H,25-40,43H2,1-12H3,(H,66,68)(H,67,69)/t64-,65-/m1/s1. The van der Waals surface area contributed by atoms with Gasteiger partial charge in [-0.05, 0) is 48.5 Å². The molecule has 0 spiro atoms. The Bertz CT molecular complexity index is 2730. The third-order valence-electron chi connectivity index (χ3n) is 14.5. The van der Waals surface area contributed by atoms with Gasteiger partial charge in [-0.25, -0.2) is 0 Å². The fourth-order valence-corrected chi connectivity index (χ4v) is 10.2. The third kappa shape index (κ3) is 15.1. The number of hydrogen-bond donors (Lipinski definition) is 2. The van der Waals surface area contributed by atoms with Crippen LogP contribution in [0.3, 0.4) is 0 Å². The van der Waals surface area contributed by atoms with Gasteiger partial charge in [0, 0.05) is 51.6 Å². The number of para-hydroxylation sites is 4. The van der Waals surface area contributed by atoms with Gasteiger partial charge in [-0.2, -0.15) is 0 Å². The van der Waals surface area contributed by atoms with Crippen molar-refractivity contribution in [3.05, 3.63) is 108 Å². The summed E-state index contributed by atoms with van der Waals surface area (Å²) in [4.78, 5) is 31.3. The van der Waals surface area contributed by atoms with Crippen LogP contribution in [0.1, 0.15) is 89.5 Å². The number of ether oxygens (including phenoxy) is 14. The molecule has 2 N–H and O–H groups in total. The minimum atomic E-state index is -1.35. The Labute approximate surface area is 489 Å². The zero-order chi connectivity index (χ0) is 59.5. The smallest absolute Gasteiger partial charge is 0.259 e. The Balaban J connectivity index is 1.07. The first-order valence-corrected chi connectivity index (χ1v) is 28.8. The van der Waals surface area contributed by atoms with Crippen LogP contribution < -0.4 is 48.5 Å². The Kier molecular flexibility index (Phi) is 20.1. The van der Waals surface area contributed by atoms with E-state index in [9.17, 15) is 0 Å². The van der Waals surface area contributed by atoms with E-state index in [1.54, 1.807) is 36.4 Å². The molecule has 4 aliphatic rings. The lowest BCUT2D eigenvalue weighted by atomic mass is 9.54. The minimum absolute atomic E-state index is 0.122. The highest BCUT2D eigenvalue weighted by Gasteiger charge is 2.70. The fraction of sp³-hybridized carbons (Fsp3) is 0.538. The molecule has 0 fully saturated rings. The third-order valence-corrected chi connectivity index (χ3v) is 14.5. The maximum Gasteiger partial charge on any atom is 0.259 e. The molecule has 0 saturated carbocycles. The summed E-state index contributed by atoms with van der Waals surface area (Å²) in [7, 11) is 0. The molecule has 2 amide bonds. The highest BCUT2D eigenvalue weighted by Crippen LogP contribution is 2.65. The number of hydrogen-bond acceptors (Lipinski definition) is 16. The number of rotatable bonds is 4. The van der Waals surface area contributed by atoms with E-state index in [1.165, 1.54) is 0 Å². The quantitative estimate of drug-likeness (QED) is 0.196. The second kappa shape index (κ2) is 26.8. The maximum absolute atomic E-state index is 15.6. The monoisotopic (exact) mass is 1150 g/mol. The van der Waals surface area contributed by atoms with Gasteiger partial charge < -0.3 is 76.9 Å². The lowest BCUT2D eigenvalue weighted by Gasteiger charge is -2.63. The van der Waals surface area contributed by atoms with Crippen molar-refractivity contribution in [2.75, 3.05) is 116 Å². The van der Waals surface area contributed by atoms with Crippen LogP contribution in [0.25, 0.3) is 0 Å². The summed E-state index contributed by atoms with van der Waals surface area (Å²) in [5.41, 5.74) is -4.23. The van der Waals surface area contributed by atoms with E-state index in [4.69, 9.17) is 66.3 Å². The first kappa shape index (κ1) is 62.2. The molecule has 4 heterocycles. The van der Waals surface area contributed by atoms with Crippen LogP contribution in [0.2, 0.25) is 0 Å². The van der Waals surface area contributed by atoms with Crippen molar-refractivity contribution in [2.24, 2.45) is 21.7 Å². The Morgan fingerprint density at radius 1 is 0.349 bits per heavy atom. The van der Waals surface area contributed by atoms with Gasteiger partial charge in [-0.3, -0.25) is 9.59 Å². The number of amides is 2. The van der Waals surface area contributed by atoms with Gasteiger partial charge in [0.25, 0.3) is 11.8 Å². The predicted molar refractivity (Wildman–Crippen MR) is 314 cm³/mol.